The predicted octanol–water partition coefficient (Wildman–Crippen LogP) is 4.29. The van der Waals surface area contributed by atoms with Crippen molar-refractivity contribution in [3.8, 4) is 11.8 Å². The molecular formula is C28H42O4. The third kappa shape index (κ3) is 5.57. The molecule has 3 aliphatic rings. The van der Waals surface area contributed by atoms with Crippen molar-refractivity contribution in [2.24, 2.45) is 23.2 Å². The summed E-state index contributed by atoms with van der Waals surface area (Å²) in [5.74, 6) is 6.94. The normalized spacial score (nSPS) is 37.7. The van der Waals surface area contributed by atoms with Crippen LogP contribution in [0.25, 0.3) is 0 Å². The summed E-state index contributed by atoms with van der Waals surface area (Å²) < 4.78 is 0. The molecule has 0 aliphatic heterocycles. The van der Waals surface area contributed by atoms with Gasteiger partial charge in [-0.2, -0.15) is 0 Å². The zero-order valence-electron chi connectivity index (χ0n) is 20.3. The summed E-state index contributed by atoms with van der Waals surface area (Å²) in [6.45, 7) is 12.0. The molecule has 3 aliphatic carbocycles. The standard InChI is InChI=1S/C28H42O4/c1-18-21(16-22(29)17-26(18)31)11-10-20-8-6-15-28(5)23(12-13-24(20)28)19(2)25(30)9-7-14-27(3,4)32/h10-11,19,22-26,29-32H,1,6,8,12-17H2,2-5H3/b20-10+,21-11-/t19-,22-,23-,24+,25-,26+,28-/m1/s1. The second kappa shape index (κ2) is 9.85. The number of hydrogen-bond acceptors (Lipinski definition) is 4. The van der Waals surface area contributed by atoms with Gasteiger partial charge in [0.25, 0.3) is 0 Å². The molecule has 0 aromatic carbocycles. The third-order valence-electron chi connectivity index (χ3n) is 8.21. The Balaban J connectivity index is 1.75. The second-order valence-corrected chi connectivity index (χ2v) is 11.3. The first-order chi connectivity index (χ1) is 14.9. The molecule has 0 heterocycles. The summed E-state index contributed by atoms with van der Waals surface area (Å²) in [4.78, 5) is 0. The summed E-state index contributed by atoms with van der Waals surface area (Å²) >= 11 is 0. The molecule has 4 N–H and O–H groups in total. The second-order valence-electron chi connectivity index (χ2n) is 11.3. The van der Waals surface area contributed by atoms with Crippen LogP contribution < -0.4 is 0 Å². The molecule has 3 saturated carbocycles. The van der Waals surface area contributed by atoms with Gasteiger partial charge in [0.2, 0.25) is 0 Å². The molecule has 0 spiro atoms. The highest BCUT2D eigenvalue weighted by atomic mass is 16.3. The van der Waals surface area contributed by atoms with Crippen LogP contribution >= 0.6 is 0 Å². The molecule has 0 bridgehead atoms. The molecule has 0 saturated heterocycles. The van der Waals surface area contributed by atoms with E-state index >= 15 is 0 Å². The smallest absolute Gasteiger partial charge is 0.117 e. The van der Waals surface area contributed by atoms with Crippen molar-refractivity contribution in [2.45, 2.75) is 103 Å². The molecular weight excluding hydrogens is 400 g/mol. The number of allylic oxidation sites excluding steroid dienone is 3. The van der Waals surface area contributed by atoms with Gasteiger partial charge in [-0.3, -0.25) is 0 Å². The average Bonchev–Trinajstić information content (AvgIpc) is 3.05. The maximum atomic E-state index is 10.8. The summed E-state index contributed by atoms with van der Waals surface area (Å²) in [5, 5.41) is 40.8. The van der Waals surface area contributed by atoms with E-state index in [1.54, 1.807) is 13.8 Å². The van der Waals surface area contributed by atoms with Crippen LogP contribution in [0.1, 0.15) is 79.1 Å². The fraction of sp³-hybridized carbons (Fsp3) is 0.714. The van der Waals surface area contributed by atoms with E-state index in [0.29, 0.717) is 31.1 Å². The van der Waals surface area contributed by atoms with Gasteiger partial charge in [-0.05, 0) is 86.7 Å². The van der Waals surface area contributed by atoms with Crippen molar-refractivity contribution in [3.05, 3.63) is 35.5 Å². The minimum Gasteiger partial charge on any atom is -0.393 e. The van der Waals surface area contributed by atoms with E-state index < -0.39 is 23.9 Å². The number of aliphatic hydroxyl groups is 4. The highest BCUT2D eigenvalue weighted by Crippen LogP contribution is 2.59. The van der Waals surface area contributed by atoms with E-state index in [9.17, 15) is 20.4 Å². The molecule has 0 aromatic heterocycles. The van der Waals surface area contributed by atoms with Crippen LogP contribution in [-0.2, 0) is 0 Å². The molecule has 178 valence electrons. The number of rotatable bonds is 4. The third-order valence-corrected chi connectivity index (χ3v) is 8.21. The van der Waals surface area contributed by atoms with Crippen molar-refractivity contribution < 1.29 is 20.4 Å². The fourth-order valence-electron chi connectivity index (χ4n) is 6.33. The van der Waals surface area contributed by atoms with Crippen molar-refractivity contribution in [3.63, 3.8) is 0 Å². The van der Waals surface area contributed by atoms with Crippen LogP contribution in [-0.4, -0.2) is 44.3 Å². The van der Waals surface area contributed by atoms with Crippen LogP contribution in [0.5, 0.6) is 0 Å². The van der Waals surface area contributed by atoms with E-state index in [-0.39, 0.29) is 11.3 Å². The van der Waals surface area contributed by atoms with Gasteiger partial charge in [-0.15, -0.1) is 0 Å². The SMILES string of the molecule is C=C1/C(=C\C=C2/CCC[C@]3(C)[C@@H]([C@@H](C)[C@H](O)C#CCC(C)(C)O)CC[C@@H]23)C[C@@H](O)C[C@@H]1O. The Morgan fingerprint density at radius 1 is 1.25 bits per heavy atom. The van der Waals surface area contributed by atoms with E-state index in [4.69, 9.17) is 0 Å². The summed E-state index contributed by atoms with van der Waals surface area (Å²) in [6, 6.07) is 0. The molecule has 0 aromatic rings. The van der Waals surface area contributed by atoms with Crippen molar-refractivity contribution in [2.75, 3.05) is 0 Å². The van der Waals surface area contributed by atoms with Gasteiger partial charge in [0.1, 0.15) is 6.10 Å². The summed E-state index contributed by atoms with van der Waals surface area (Å²) in [6.07, 6.45) is 9.32. The molecule has 32 heavy (non-hydrogen) atoms. The van der Waals surface area contributed by atoms with Crippen LogP contribution in [0, 0.1) is 35.0 Å². The fourth-order valence-corrected chi connectivity index (χ4v) is 6.33. The van der Waals surface area contributed by atoms with E-state index in [0.717, 1.165) is 43.3 Å². The highest BCUT2D eigenvalue weighted by molar-refractivity contribution is 5.38. The molecule has 0 radical (unpaired) electrons. The first-order valence-electron chi connectivity index (χ1n) is 12.3. The maximum Gasteiger partial charge on any atom is 0.117 e. The molecule has 4 heteroatoms. The lowest BCUT2D eigenvalue weighted by Crippen LogP contribution is -2.39. The first kappa shape index (κ1) is 25.2. The van der Waals surface area contributed by atoms with E-state index in [1.807, 2.05) is 0 Å². The summed E-state index contributed by atoms with van der Waals surface area (Å²) in [5.41, 5.74) is 2.44. The molecule has 0 amide bonds. The van der Waals surface area contributed by atoms with Crippen molar-refractivity contribution in [1.82, 2.24) is 0 Å². The van der Waals surface area contributed by atoms with Gasteiger partial charge < -0.3 is 20.4 Å². The van der Waals surface area contributed by atoms with Gasteiger partial charge in [0.05, 0.1) is 17.8 Å². The molecule has 0 unspecified atom stereocenters. The molecule has 7 atom stereocenters. The number of aliphatic hydroxyl groups excluding tert-OH is 3. The van der Waals surface area contributed by atoms with Crippen LogP contribution in [0.15, 0.2) is 35.5 Å². The topological polar surface area (TPSA) is 80.9 Å². The minimum absolute atomic E-state index is 0.0837. The molecule has 4 nitrogen and oxygen atoms in total. The quantitative estimate of drug-likeness (QED) is 0.490. The van der Waals surface area contributed by atoms with Crippen LogP contribution in [0.2, 0.25) is 0 Å². The Morgan fingerprint density at radius 3 is 2.66 bits per heavy atom. The average molecular weight is 443 g/mol. The maximum absolute atomic E-state index is 10.8. The highest BCUT2D eigenvalue weighted by Gasteiger charge is 2.51. The molecule has 3 rings (SSSR count). The lowest BCUT2D eigenvalue weighted by molar-refractivity contribution is 0.0453. The Hall–Kier alpha value is -1.38. The van der Waals surface area contributed by atoms with Gasteiger partial charge in [-0.1, -0.05) is 50.0 Å². The van der Waals surface area contributed by atoms with Crippen molar-refractivity contribution in [1.29, 1.82) is 0 Å². The number of hydrogen-bond donors (Lipinski definition) is 4. The van der Waals surface area contributed by atoms with E-state index in [1.165, 1.54) is 5.57 Å². The Bertz CT molecular complexity index is 821. The summed E-state index contributed by atoms with van der Waals surface area (Å²) in [7, 11) is 0. The predicted molar refractivity (Wildman–Crippen MR) is 129 cm³/mol. The van der Waals surface area contributed by atoms with Gasteiger partial charge >= 0.3 is 0 Å². The van der Waals surface area contributed by atoms with Crippen LogP contribution in [0.3, 0.4) is 0 Å². The molecule has 3 fully saturated rings. The Morgan fingerprint density at radius 2 is 1.97 bits per heavy atom. The Labute approximate surface area is 194 Å². The number of fused-ring (bicyclic) bond motifs is 1. The zero-order valence-corrected chi connectivity index (χ0v) is 20.3. The monoisotopic (exact) mass is 442 g/mol. The largest absolute Gasteiger partial charge is 0.393 e. The van der Waals surface area contributed by atoms with E-state index in [2.05, 4.69) is 44.4 Å². The first-order valence-corrected chi connectivity index (χ1v) is 12.3. The zero-order chi connectivity index (χ0) is 23.7. The van der Waals surface area contributed by atoms with Crippen LogP contribution in [0.4, 0.5) is 0 Å². The van der Waals surface area contributed by atoms with Gasteiger partial charge in [0.15, 0.2) is 0 Å². The van der Waals surface area contributed by atoms with Gasteiger partial charge in [-0.25, -0.2) is 0 Å². The lowest BCUT2D eigenvalue weighted by Gasteiger charge is -2.44. The minimum atomic E-state index is -0.840. The Kier molecular flexibility index (Phi) is 7.77. The van der Waals surface area contributed by atoms with Crippen molar-refractivity contribution >= 4 is 0 Å². The van der Waals surface area contributed by atoms with Gasteiger partial charge in [0, 0.05) is 12.8 Å². The lowest BCUT2D eigenvalue weighted by atomic mass is 9.60.